The third-order valence-corrected chi connectivity index (χ3v) is 8.22. The van der Waals surface area contributed by atoms with Crippen LogP contribution in [0.25, 0.3) is 12.2 Å². The van der Waals surface area contributed by atoms with Crippen LogP contribution >= 0.6 is 31.9 Å². The zero-order chi connectivity index (χ0) is 23.6. The molecule has 33 heavy (non-hydrogen) atoms. The van der Waals surface area contributed by atoms with Gasteiger partial charge in [-0.1, -0.05) is 73.8 Å². The summed E-state index contributed by atoms with van der Waals surface area (Å²) < 4.78 is 30.1. The van der Waals surface area contributed by atoms with Gasteiger partial charge in [0.15, 0.2) is 5.78 Å². The van der Waals surface area contributed by atoms with Crippen LogP contribution in [0.5, 0.6) is 0 Å². The van der Waals surface area contributed by atoms with Gasteiger partial charge in [0.05, 0.1) is 4.90 Å². The number of carbonyl (C=O) groups is 1. The molecule has 0 aliphatic carbocycles. The highest BCUT2D eigenvalue weighted by molar-refractivity contribution is 9.10. The lowest BCUT2D eigenvalue weighted by Gasteiger charge is -2.29. The molecule has 0 unspecified atom stereocenters. The summed E-state index contributed by atoms with van der Waals surface area (Å²) in [6.45, 7) is 1.94. The van der Waals surface area contributed by atoms with Crippen molar-refractivity contribution in [3.05, 3.63) is 110 Å². The largest absolute Gasteiger partial charge is 0.289 e. The molecule has 0 saturated carbocycles. The van der Waals surface area contributed by atoms with Crippen LogP contribution in [0.15, 0.2) is 97.8 Å². The molecule has 4 nitrogen and oxygen atoms in total. The summed E-state index contributed by atoms with van der Waals surface area (Å²) in [6.07, 6.45) is 3.53. The Morgan fingerprint density at radius 3 is 1.58 bits per heavy atom. The lowest BCUT2D eigenvalue weighted by Crippen LogP contribution is -2.41. The summed E-state index contributed by atoms with van der Waals surface area (Å²) in [5, 5.41) is 0. The topological polar surface area (TPSA) is 54.5 Å². The number of aryl methyl sites for hydroxylation is 1. The molecule has 0 spiro atoms. The molecule has 0 amide bonds. The number of hydrogen-bond donors (Lipinski definition) is 0. The minimum Gasteiger partial charge on any atom is -0.289 e. The molecule has 7 heteroatoms. The highest BCUT2D eigenvalue weighted by Gasteiger charge is 2.34. The Balaban J connectivity index is 1.77. The normalized spacial score (nSPS) is 17.6. The lowest BCUT2D eigenvalue weighted by molar-refractivity contribution is -0.113. The van der Waals surface area contributed by atoms with Gasteiger partial charge in [-0.25, -0.2) is 8.42 Å². The molecule has 3 aromatic carbocycles. The Hall–Kier alpha value is -2.32. The van der Waals surface area contributed by atoms with Gasteiger partial charge < -0.3 is 0 Å². The zero-order valence-electron chi connectivity index (χ0n) is 17.8. The molecule has 0 aromatic heterocycles. The monoisotopic (exact) mass is 585 g/mol. The fourth-order valence-corrected chi connectivity index (χ4v) is 5.48. The number of nitrogens with zero attached hydrogens (tertiary/aromatic N) is 1. The number of benzene rings is 3. The highest BCUT2D eigenvalue weighted by Crippen LogP contribution is 2.28. The third-order valence-electron chi connectivity index (χ3n) is 5.36. The molecule has 0 N–H and O–H groups in total. The second kappa shape index (κ2) is 9.89. The number of piperidine rings is 1. The minimum atomic E-state index is -3.78. The van der Waals surface area contributed by atoms with Gasteiger partial charge in [-0.2, -0.15) is 4.31 Å². The first-order valence-corrected chi connectivity index (χ1v) is 13.3. The molecule has 1 saturated heterocycles. The van der Waals surface area contributed by atoms with Crippen LogP contribution in [0, 0.1) is 6.92 Å². The van der Waals surface area contributed by atoms with Crippen molar-refractivity contribution in [3.8, 4) is 0 Å². The standard InChI is InChI=1S/C26H21Br2NO3S/c1-18-2-12-25(13-3-18)33(31,32)29-16-21(14-19-4-8-23(27)9-5-19)26(30)22(17-29)15-20-6-10-24(28)11-7-20/h2-15H,16-17H2,1H3/b21-14-,22-15+. The molecular weight excluding hydrogens is 566 g/mol. The van der Waals surface area contributed by atoms with Gasteiger partial charge >= 0.3 is 0 Å². The van der Waals surface area contributed by atoms with E-state index in [4.69, 9.17) is 0 Å². The summed E-state index contributed by atoms with van der Waals surface area (Å²) in [5.74, 6) is -0.142. The number of ketones is 1. The molecule has 168 valence electrons. The summed E-state index contributed by atoms with van der Waals surface area (Å²) in [6, 6.07) is 21.9. The first kappa shape index (κ1) is 23.8. The van der Waals surface area contributed by atoms with E-state index in [1.807, 2.05) is 55.5 Å². The van der Waals surface area contributed by atoms with E-state index in [1.54, 1.807) is 36.4 Å². The third kappa shape index (κ3) is 5.61. The van der Waals surface area contributed by atoms with Gasteiger partial charge in [0.2, 0.25) is 10.0 Å². The van der Waals surface area contributed by atoms with Crippen molar-refractivity contribution in [2.24, 2.45) is 0 Å². The number of sulfonamides is 1. The van der Waals surface area contributed by atoms with E-state index in [1.165, 1.54) is 4.31 Å². The van der Waals surface area contributed by atoms with Crippen molar-refractivity contribution < 1.29 is 13.2 Å². The Morgan fingerprint density at radius 1 is 0.727 bits per heavy atom. The van der Waals surface area contributed by atoms with Gasteiger partial charge in [-0.15, -0.1) is 0 Å². The number of Topliss-reactive ketones (excluding diaryl/α,β-unsaturated/α-hetero) is 1. The molecule has 0 radical (unpaired) electrons. The van der Waals surface area contributed by atoms with E-state index in [0.29, 0.717) is 11.1 Å². The average molecular weight is 587 g/mol. The first-order chi connectivity index (χ1) is 15.7. The summed E-state index contributed by atoms with van der Waals surface area (Å²) in [5.41, 5.74) is 3.51. The van der Waals surface area contributed by atoms with E-state index in [-0.39, 0.29) is 23.8 Å². The van der Waals surface area contributed by atoms with Crippen LogP contribution in [-0.2, 0) is 14.8 Å². The molecule has 1 aliphatic heterocycles. The van der Waals surface area contributed by atoms with E-state index in [2.05, 4.69) is 31.9 Å². The number of rotatable bonds is 4. The second-order valence-electron chi connectivity index (χ2n) is 7.86. The summed E-state index contributed by atoms with van der Waals surface area (Å²) in [4.78, 5) is 13.6. The van der Waals surface area contributed by atoms with Gasteiger partial charge in [0.1, 0.15) is 0 Å². The van der Waals surface area contributed by atoms with E-state index >= 15 is 0 Å². The van der Waals surface area contributed by atoms with Gasteiger partial charge in [0, 0.05) is 33.2 Å². The van der Waals surface area contributed by atoms with Crippen LogP contribution in [0.2, 0.25) is 0 Å². The van der Waals surface area contributed by atoms with Crippen LogP contribution < -0.4 is 0 Å². The average Bonchev–Trinajstić information content (AvgIpc) is 2.79. The molecule has 4 rings (SSSR count). The van der Waals surface area contributed by atoms with Gasteiger partial charge in [0.25, 0.3) is 0 Å². The quantitative estimate of drug-likeness (QED) is 0.339. The summed E-state index contributed by atoms with van der Waals surface area (Å²) >= 11 is 6.83. The van der Waals surface area contributed by atoms with Crippen molar-refractivity contribution in [3.63, 3.8) is 0 Å². The van der Waals surface area contributed by atoms with Crippen LogP contribution in [-0.4, -0.2) is 31.6 Å². The van der Waals surface area contributed by atoms with Crippen molar-refractivity contribution in [2.45, 2.75) is 11.8 Å². The fraction of sp³-hybridized carbons (Fsp3) is 0.115. The Labute approximate surface area is 210 Å². The van der Waals surface area contributed by atoms with Crippen LogP contribution in [0.3, 0.4) is 0 Å². The molecule has 1 aliphatic rings. The van der Waals surface area contributed by atoms with E-state index < -0.39 is 10.0 Å². The number of hydrogen-bond acceptors (Lipinski definition) is 3. The van der Waals surface area contributed by atoms with Crippen molar-refractivity contribution >= 4 is 59.8 Å². The molecule has 0 atom stereocenters. The number of halogens is 2. The predicted octanol–water partition coefficient (Wildman–Crippen LogP) is 6.26. The van der Waals surface area contributed by atoms with E-state index in [9.17, 15) is 13.2 Å². The minimum absolute atomic E-state index is 0.0167. The SMILES string of the molecule is Cc1ccc(S(=O)(=O)N2C/C(=C/c3ccc(Br)cc3)C(=O)/C(=C/c3ccc(Br)cc3)C2)cc1. The van der Waals surface area contributed by atoms with Gasteiger partial charge in [-0.3, -0.25) is 4.79 Å². The Morgan fingerprint density at radius 2 is 1.15 bits per heavy atom. The zero-order valence-corrected chi connectivity index (χ0v) is 21.8. The van der Waals surface area contributed by atoms with Crippen molar-refractivity contribution in [1.29, 1.82) is 0 Å². The number of carbonyl (C=O) groups excluding carboxylic acids is 1. The molecule has 0 bridgehead atoms. The van der Waals surface area contributed by atoms with Crippen LogP contribution in [0.4, 0.5) is 0 Å². The lowest BCUT2D eigenvalue weighted by atomic mass is 9.95. The maximum absolute atomic E-state index is 13.4. The second-order valence-corrected chi connectivity index (χ2v) is 11.6. The maximum atomic E-state index is 13.4. The Kier molecular flexibility index (Phi) is 7.14. The highest BCUT2D eigenvalue weighted by atomic mass is 79.9. The summed E-state index contributed by atoms with van der Waals surface area (Å²) in [7, 11) is -3.78. The molecular formula is C26H21Br2NO3S. The fourth-order valence-electron chi connectivity index (χ4n) is 3.56. The molecule has 1 fully saturated rings. The Bertz CT molecular complexity index is 1270. The maximum Gasteiger partial charge on any atom is 0.243 e. The first-order valence-electron chi connectivity index (χ1n) is 10.3. The van der Waals surface area contributed by atoms with Crippen molar-refractivity contribution in [2.75, 3.05) is 13.1 Å². The van der Waals surface area contributed by atoms with Gasteiger partial charge in [-0.05, 0) is 66.6 Å². The predicted molar refractivity (Wildman–Crippen MR) is 139 cm³/mol. The molecule has 1 heterocycles. The van der Waals surface area contributed by atoms with E-state index in [0.717, 1.165) is 25.6 Å². The smallest absolute Gasteiger partial charge is 0.243 e. The van der Waals surface area contributed by atoms with Crippen molar-refractivity contribution in [1.82, 2.24) is 4.31 Å². The molecule has 3 aromatic rings. The van der Waals surface area contributed by atoms with Crippen LogP contribution in [0.1, 0.15) is 16.7 Å².